The monoisotopic (exact) mass is 565 g/mol. The Morgan fingerprint density at radius 3 is 2.44 bits per heavy atom. The number of ether oxygens (including phenoxy) is 3. The van der Waals surface area contributed by atoms with E-state index in [9.17, 15) is 19.2 Å². The van der Waals surface area contributed by atoms with Gasteiger partial charge in [0.15, 0.2) is 11.5 Å². The lowest BCUT2D eigenvalue weighted by molar-refractivity contribution is -0.163. The van der Waals surface area contributed by atoms with Crippen molar-refractivity contribution < 1.29 is 33.4 Å². The zero-order valence-electron chi connectivity index (χ0n) is 24.1. The molecule has 1 aromatic carbocycles. The van der Waals surface area contributed by atoms with Gasteiger partial charge in [0.2, 0.25) is 24.5 Å². The van der Waals surface area contributed by atoms with Crippen LogP contribution in [0.25, 0.3) is 0 Å². The van der Waals surface area contributed by atoms with Gasteiger partial charge in [-0.3, -0.25) is 19.2 Å². The Kier molecular flexibility index (Phi) is 6.98. The second-order valence-corrected chi connectivity index (χ2v) is 12.9. The lowest BCUT2D eigenvalue weighted by Gasteiger charge is -2.51. The lowest BCUT2D eigenvalue weighted by atomic mass is 9.59. The average Bonchev–Trinajstić information content (AvgIpc) is 3.71. The fourth-order valence-corrected chi connectivity index (χ4v) is 7.04. The molecule has 3 amide bonds. The fraction of sp³-hybridized carbons (Fsp3) is 0.613. The zero-order chi connectivity index (χ0) is 28.9. The first-order chi connectivity index (χ1) is 19.6. The number of carbonyl (C=O) groups excluding carboxylic acids is 4. The highest BCUT2D eigenvalue weighted by Crippen LogP contribution is 2.55. The summed E-state index contributed by atoms with van der Waals surface area (Å²) in [6.45, 7) is 6.58. The van der Waals surface area contributed by atoms with E-state index in [1.807, 2.05) is 29.2 Å². The van der Waals surface area contributed by atoms with Gasteiger partial charge < -0.3 is 28.9 Å². The highest BCUT2D eigenvalue weighted by Gasteiger charge is 2.57. The number of piperazine rings is 1. The molecule has 0 N–H and O–H groups in total. The van der Waals surface area contributed by atoms with Crippen molar-refractivity contribution in [3.8, 4) is 11.5 Å². The number of rotatable bonds is 6. The minimum absolute atomic E-state index is 0.0134. The molecule has 0 unspecified atom stereocenters. The second kappa shape index (κ2) is 10.4. The van der Waals surface area contributed by atoms with E-state index in [1.54, 1.807) is 9.80 Å². The number of likely N-dealkylation sites (tertiary alicyclic amines) is 1. The van der Waals surface area contributed by atoms with Crippen LogP contribution in [0.15, 0.2) is 30.0 Å². The molecule has 220 valence electrons. The Morgan fingerprint density at radius 2 is 1.73 bits per heavy atom. The maximum absolute atomic E-state index is 14.1. The van der Waals surface area contributed by atoms with Gasteiger partial charge in [-0.25, -0.2) is 0 Å². The number of esters is 1. The first-order valence-electron chi connectivity index (χ1n) is 14.7. The number of hydrogen-bond donors (Lipinski definition) is 0. The van der Waals surface area contributed by atoms with Gasteiger partial charge in [0.05, 0.1) is 13.7 Å². The van der Waals surface area contributed by atoms with E-state index >= 15 is 0 Å². The molecule has 5 aliphatic rings. The number of methoxy groups -OCH3 is 1. The van der Waals surface area contributed by atoms with Crippen LogP contribution in [0.4, 0.5) is 0 Å². The quantitative estimate of drug-likeness (QED) is 0.488. The third-order valence-corrected chi connectivity index (χ3v) is 9.27. The van der Waals surface area contributed by atoms with Crippen LogP contribution in [0.3, 0.4) is 0 Å². The average molecular weight is 566 g/mol. The standard InChI is InChI=1S/C31H39N3O7/c1-30(2)9-8-25-31(18-30,29(38)39-3)16-22(15-26(35)32-10-12-33(13-11-32)27(36)21-5-6-21)28(37)34(25)17-20-4-7-23-24(14-20)41-19-40-23/h4,7-8,14,21-22H,5-6,9-13,15-19H2,1-3H3/t22-,31-/m1/s1. The molecule has 6 rings (SSSR count). The van der Waals surface area contributed by atoms with E-state index in [0.717, 1.165) is 24.8 Å². The highest BCUT2D eigenvalue weighted by atomic mass is 16.7. The van der Waals surface area contributed by atoms with Crippen molar-refractivity contribution in [2.24, 2.45) is 22.7 Å². The van der Waals surface area contributed by atoms with Gasteiger partial charge in [0, 0.05) is 50.1 Å². The number of amides is 3. The number of benzene rings is 1. The minimum Gasteiger partial charge on any atom is -0.468 e. The Hall–Kier alpha value is -3.56. The number of allylic oxidation sites excluding steroid dienone is 1. The molecule has 10 heteroatoms. The lowest BCUT2D eigenvalue weighted by Crippen LogP contribution is -2.56. The van der Waals surface area contributed by atoms with Crippen LogP contribution in [-0.2, 0) is 30.5 Å². The fourth-order valence-electron chi connectivity index (χ4n) is 7.04. The third kappa shape index (κ3) is 5.17. The smallest absolute Gasteiger partial charge is 0.317 e. The van der Waals surface area contributed by atoms with Gasteiger partial charge in [0.1, 0.15) is 5.41 Å². The first kappa shape index (κ1) is 27.6. The van der Waals surface area contributed by atoms with Gasteiger partial charge in [0.25, 0.3) is 0 Å². The van der Waals surface area contributed by atoms with Crippen molar-refractivity contribution in [3.05, 3.63) is 35.5 Å². The Labute approximate surface area is 240 Å². The van der Waals surface area contributed by atoms with Crippen molar-refractivity contribution in [2.75, 3.05) is 40.1 Å². The van der Waals surface area contributed by atoms with Crippen LogP contribution in [-0.4, -0.2) is 78.5 Å². The minimum atomic E-state index is -1.03. The Balaban J connectivity index is 1.26. The molecule has 1 aromatic rings. The molecule has 0 bridgehead atoms. The van der Waals surface area contributed by atoms with Crippen molar-refractivity contribution in [3.63, 3.8) is 0 Å². The number of fused-ring (bicyclic) bond motifs is 2. The summed E-state index contributed by atoms with van der Waals surface area (Å²) in [6.07, 6.45) is 5.42. The molecule has 0 aromatic heterocycles. The van der Waals surface area contributed by atoms with Gasteiger partial charge in [-0.15, -0.1) is 0 Å². The van der Waals surface area contributed by atoms with Gasteiger partial charge in [-0.1, -0.05) is 26.0 Å². The number of piperidine rings is 1. The third-order valence-electron chi connectivity index (χ3n) is 9.27. The summed E-state index contributed by atoms with van der Waals surface area (Å²) in [6, 6.07) is 5.58. The zero-order valence-corrected chi connectivity index (χ0v) is 24.1. The van der Waals surface area contributed by atoms with E-state index in [-0.39, 0.29) is 61.2 Å². The summed E-state index contributed by atoms with van der Waals surface area (Å²) in [7, 11) is 1.39. The number of carbonyl (C=O) groups is 4. The summed E-state index contributed by atoms with van der Waals surface area (Å²) < 4.78 is 16.4. The molecule has 0 radical (unpaired) electrons. The Bertz CT molecular complexity index is 1290. The Morgan fingerprint density at radius 1 is 1.02 bits per heavy atom. The maximum atomic E-state index is 14.1. The van der Waals surface area contributed by atoms with Crippen molar-refractivity contribution >= 4 is 23.7 Å². The van der Waals surface area contributed by atoms with Crippen LogP contribution >= 0.6 is 0 Å². The summed E-state index contributed by atoms with van der Waals surface area (Å²) in [5, 5.41) is 0. The molecule has 10 nitrogen and oxygen atoms in total. The molecule has 3 heterocycles. The van der Waals surface area contributed by atoms with Crippen LogP contribution in [0.1, 0.15) is 57.9 Å². The molecule has 2 atom stereocenters. The van der Waals surface area contributed by atoms with E-state index in [0.29, 0.717) is 49.8 Å². The molecular weight excluding hydrogens is 526 g/mol. The maximum Gasteiger partial charge on any atom is 0.317 e. The normalized spacial score (nSPS) is 26.8. The molecule has 2 aliphatic carbocycles. The summed E-state index contributed by atoms with van der Waals surface area (Å²) in [4.78, 5) is 59.0. The summed E-state index contributed by atoms with van der Waals surface area (Å²) in [5.74, 6) is 0.301. The van der Waals surface area contributed by atoms with Crippen LogP contribution in [0.5, 0.6) is 11.5 Å². The number of hydrogen-bond acceptors (Lipinski definition) is 7. The summed E-state index contributed by atoms with van der Waals surface area (Å²) >= 11 is 0. The van der Waals surface area contributed by atoms with Crippen molar-refractivity contribution in [1.29, 1.82) is 0 Å². The molecule has 2 saturated heterocycles. The second-order valence-electron chi connectivity index (χ2n) is 12.9. The van der Waals surface area contributed by atoms with Crippen molar-refractivity contribution in [2.45, 2.75) is 58.9 Å². The van der Waals surface area contributed by atoms with E-state index in [1.165, 1.54) is 7.11 Å². The van der Waals surface area contributed by atoms with Gasteiger partial charge >= 0.3 is 5.97 Å². The predicted octanol–water partition coefficient (Wildman–Crippen LogP) is 3.10. The molecule has 0 spiro atoms. The molecule has 41 heavy (non-hydrogen) atoms. The van der Waals surface area contributed by atoms with E-state index < -0.39 is 11.3 Å². The van der Waals surface area contributed by atoms with Crippen LogP contribution < -0.4 is 9.47 Å². The topological polar surface area (TPSA) is 106 Å². The molecular formula is C31H39N3O7. The predicted molar refractivity (Wildman–Crippen MR) is 147 cm³/mol. The largest absolute Gasteiger partial charge is 0.468 e. The van der Waals surface area contributed by atoms with Crippen LogP contribution in [0, 0.1) is 22.7 Å². The molecule has 3 fully saturated rings. The van der Waals surface area contributed by atoms with E-state index in [4.69, 9.17) is 14.2 Å². The van der Waals surface area contributed by atoms with Gasteiger partial charge in [-0.2, -0.15) is 0 Å². The molecule has 1 saturated carbocycles. The van der Waals surface area contributed by atoms with E-state index in [2.05, 4.69) is 13.8 Å². The SMILES string of the molecule is COC(=O)[C@@]12C[C@@H](CC(=O)N3CCN(C(=O)C4CC4)CC3)C(=O)N(Cc3ccc4c(c3)OCO4)C1=CCC(C)(C)C2. The molecule has 3 aliphatic heterocycles. The number of nitrogens with zero attached hydrogens (tertiary/aromatic N) is 3. The summed E-state index contributed by atoms with van der Waals surface area (Å²) in [5.41, 5.74) is 0.306. The van der Waals surface area contributed by atoms with Gasteiger partial charge in [-0.05, 0) is 55.2 Å². The first-order valence-corrected chi connectivity index (χ1v) is 14.7. The van der Waals surface area contributed by atoms with Crippen molar-refractivity contribution in [1.82, 2.24) is 14.7 Å². The highest BCUT2D eigenvalue weighted by molar-refractivity contribution is 5.92. The van der Waals surface area contributed by atoms with Crippen LogP contribution in [0.2, 0.25) is 0 Å².